The van der Waals surface area contributed by atoms with Crippen molar-refractivity contribution in [1.82, 2.24) is 15.0 Å². The summed E-state index contributed by atoms with van der Waals surface area (Å²) in [6, 6.07) is 10.7. The first-order chi connectivity index (χ1) is 25.9. The van der Waals surface area contributed by atoms with Gasteiger partial charge in [0.25, 0.3) is 20.2 Å². The van der Waals surface area contributed by atoms with Crippen LogP contribution in [0.4, 0.5) is 34.6 Å². The lowest BCUT2D eigenvalue weighted by molar-refractivity contribution is 0.427. The molecule has 3 heterocycles. The molecule has 0 saturated heterocycles. The highest BCUT2D eigenvalue weighted by molar-refractivity contribution is 9.10. The van der Waals surface area contributed by atoms with Gasteiger partial charge >= 0.3 is 0 Å². The standard InChI is InChI=1S/C30H20BrCl3N8O10S3/c1-11(36-29-40-28(34)41-30(42-29)37-12-2-4-13(5-3-12)53(43)44)10-35-17-9-8-16-23(27(17)55(48,49)50)52-25-19(33)20-24(18(32)21(25)39-16)51-22-15(38-20)7-6-14(31)26(22)54(45,46)47/h2-9,11,35,53H,10H2,1H3,(H,45,46,47)(H,48,49,50)(H2,36,37,40,41,42). The monoisotopic (exact) mass is 932 g/mol. The number of hydrogen-bond donors (Lipinski definition) is 6. The van der Waals surface area contributed by atoms with E-state index in [1.807, 2.05) is 0 Å². The Balaban J connectivity index is 1.17. The van der Waals surface area contributed by atoms with E-state index in [1.54, 1.807) is 6.92 Å². The topological polar surface area (TPSA) is 261 Å². The molecule has 4 aromatic carbocycles. The molecule has 2 aliphatic heterocycles. The highest BCUT2D eigenvalue weighted by Crippen LogP contribution is 2.48. The molecule has 0 fully saturated rings. The summed E-state index contributed by atoms with van der Waals surface area (Å²) in [5.41, 5.74) is 0.268. The van der Waals surface area contributed by atoms with Gasteiger partial charge in [0.05, 0.1) is 10.6 Å². The second-order valence-corrected chi connectivity index (χ2v) is 17.2. The summed E-state index contributed by atoms with van der Waals surface area (Å²) in [7, 11) is -12.6. The zero-order valence-electron chi connectivity index (χ0n) is 27.1. The fourth-order valence-corrected chi connectivity index (χ4v) is 8.83. The Kier molecular flexibility index (Phi) is 10.3. The molecule has 0 aliphatic carbocycles. The van der Waals surface area contributed by atoms with Crippen LogP contribution in [-0.2, 0) is 30.9 Å². The lowest BCUT2D eigenvalue weighted by atomic mass is 10.2. The molecule has 0 amide bonds. The molecule has 5 aromatic rings. The van der Waals surface area contributed by atoms with Gasteiger partial charge in [0.1, 0.15) is 32.1 Å². The number of anilines is 4. The van der Waals surface area contributed by atoms with Gasteiger partial charge < -0.3 is 25.4 Å². The minimum absolute atomic E-state index is 0.0122. The summed E-state index contributed by atoms with van der Waals surface area (Å²) in [4.78, 5) is 20.0. The lowest BCUT2D eigenvalue weighted by Gasteiger charge is -2.24. The maximum absolute atomic E-state index is 12.8. The third-order valence-electron chi connectivity index (χ3n) is 7.68. The van der Waals surface area contributed by atoms with Gasteiger partial charge in [-0.2, -0.15) is 31.8 Å². The van der Waals surface area contributed by atoms with E-state index in [2.05, 4.69) is 56.8 Å². The zero-order valence-corrected chi connectivity index (χ0v) is 33.5. The molecule has 1 aromatic heterocycles. The quantitative estimate of drug-likeness (QED) is 0.0696. The molecule has 0 bridgehead atoms. The first kappa shape index (κ1) is 38.9. The van der Waals surface area contributed by atoms with Crippen molar-refractivity contribution in [3.63, 3.8) is 0 Å². The third kappa shape index (κ3) is 7.73. The molecule has 0 spiro atoms. The van der Waals surface area contributed by atoms with Crippen molar-refractivity contribution in [3.8, 4) is 23.0 Å². The Bertz CT molecular complexity index is 2900. The highest BCUT2D eigenvalue weighted by atomic mass is 79.9. The van der Waals surface area contributed by atoms with Gasteiger partial charge in [0.2, 0.25) is 17.2 Å². The van der Waals surface area contributed by atoms with Crippen LogP contribution in [0.25, 0.3) is 0 Å². The van der Waals surface area contributed by atoms with Crippen molar-refractivity contribution < 1.29 is 43.8 Å². The molecule has 0 radical (unpaired) electrons. The molecule has 0 saturated carbocycles. The van der Waals surface area contributed by atoms with Crippen LogP contribution >= 0.6 is 50.7 Å². The number of aromatic nitrogens is 3. The first-order valence-electron chi connectivity index (χ1n) is 15.1. The van der Waals surface area contributed by atoms with Crippen molar-refractivity contribution in [2.24, 2.45) is 9.98 Å². The fraction of sp³-hybridized carbons (Fsp3) is 0.100. The van der Waals surface area contributed by atoms with Crippen molar-refractivity contribution in [3.05, 3.63) is 79.0 Å². The maximum Gasteiger partial charge on any atom is 0.300 e. The third-order valence-corrected chi connectivity index (χ3v) is 12.0. The number of halogens is 4. The molecular formula is C30H20BrCl3N8O10S3. The number of ether oxygens (including phenoxy) is 2. The van der Waals surface area contributed by atoms with Gasteiger partial charge in [-0.3, -0.25) is 9.11 Å². The maximum atomic E-state index is 12.8. The molecule has 18 nitrogen and oxygen atoms in total. The molecule has 286 valence electrons. The molecular weight excluding hydrogens is 915 g/mol. The van der Waals surface area contributed by atoms with Crippen LogP contribution in [0.3, 0.4) is 0 Å². The number of nitrogens with zero attached hydrogens (tertiary/aromatic N) is 5. The summed E-state index contributed by atoms with van der Waals surface area (Å²) >= 11 is 22.6. The van der Waals surface area contributed by atoms with Crippen LogP contribution in [-0.4, -0.2) is 61.9 Å². The Morgan fingerprint density at radius 1 is 0.764 bits per heavy atom. The molecule has 2 aliphatic rings. The van der Waals surface area contributed by atoms with Gasteiger partial charge in [-0.15, -0.1) is 0 Å². The normalized spacial score (nSPS) is 13.5. The van der Waals surface area contributed by atoms with Crippen molar-refractivity contribution in [2.75, 3.05) is 22.5 Å². The van der Waals surface area contributed by atoms with Gasteiger partial charge in [0.15, 0.2) is 43.5 Å². The van der Waals surface area contributed by atoms with E-state index in [0.717, 1.165) is 0 Å². The number of thiol groups is 1. The predicted molar refractivity (Wildman–Crippen MR) is 203 cm³/mol. The number of nitrogens with one attached hydrogen (secondary N) is 3. The SMILES string of the molecule is CC(CNc1ccc2c(c1S(=O)(=O)O)Oc1c(Cl)c3c(c(Cl)c1=N2)Oc1c(ccc(Br)c1S(=O)(=O)O)N=3)Nc1nc(Cl)nc(Nc2ccc([SH](=O)=O)cc2)n1. The summed E-state index contributed by atoms with van der Waals surface area (Å²) in [5, 5.41) is 7.96. The second-order valence-electron chi connectivity index (χ2n) is 11.5. The predicted octanol–water partition coefficient (Wildman–Crippen LogP) is 5.83. The van der Waals surface area contributed by atoms with Crippen molar-refractivity contribution >= 4 is 116 Å². The smallest absolute Gasteiger partial charge is 0.300 e. The Morgan fingerprint density at radius 2 is 1.31 bits per heavy atom. The van der Waals surface area contributed by atoms with E-state index in [0.29, 0.717) is 5.69 Å². The van der Waals surface area contributed by atoms with E-state index in [1.165, 1.54) is 48.5 Å². The number of fused-ring (bicyclic) bond motifs is 4. The van der Waals surface area contributed by atoms with Crippen molar-refractivity contribution in [2.45, 2.75) is 27.7 Å². The number of hydrogen-bond acceptors (Lipinski definition) is 16. The van der Waals surface area contributed by atoms with E-state index < -0.39 is 52.5 Å². The molecule has 25 heteroatoms. The largest absolute Gasteiger partial charge is 0.450 e. The van der Waals surface area contributed by atoms with Gasteiger partial charge in [0, 0.05) is 22.7 Å². The van der Waals surface area contributed by atoms with E-state index in [-0.39, 0.29) is 88.2 Å². The lowest BCUT2D eigenvalue weighted by Crippen LogP contribution is -2.27. The molecule has 55 heavy (non-hydrogen) atoms. The summed E-state index contributed by atoms with van der Waals surface area (Å²) in [6.07, 6.45) is 0. The van der Waals surface area contributed by atoms with Crippen LogP contribution in [0.2, 0.25) is 15.3 Å². The number of rotatable bonds is 10. The fourth-order valence-electron chi connectivity index (χ4n) is 5.34. The number of benzene rings is 4. The summed E-state index contributed by atoms with van der Waals surface area (Å²) in [6.45, 7) is 1.73. The first-order valence-corrected chi connectivity index (χ1v) is 21.1. The van der Waals surface area contributed by atoms with Crippen LogP contribution in [0.1, 0.15) is 6.92 Å². The Hall–Kier alpha value is -4.39. The second kappa shape index (κ2) is 14.6. The van der Waals surface area contributed by atoms with Crippen molar-refractivity contribution in [1.29, 1.82) is 0 Å². The Labute approximate surface area is 335 Å². The summed E-state index contributed by atoms with van der Waals surface area (Å²) in [5.74, 6) is -1.11. The molecule has 5 N–H and O–H groups in total. The van der Waals surface area contributed by atoms with Crippen LogP contribution in [0.15, 0.2) is 77.7 Å². The summed E-state index contributed by atoms with van der Waals surface area (Å²) < 4.78 is 104. The van der Waals surface area contributed by atoms with Gasteiger partial charge in [-0.25, -0.2) is 18.4 Å². The van der Waals surface area contributed by atoms with Crippen LogP contribution < -0.4 is 36.1 Å². The molecule has 1 atom stereocenters. The van der Waals surface area contributed by atoms with Gasteiger partial charge in [-0.1, -0.05) is 23.2 Å². The van der Waals surface area contributed by atoms with E-state index >= 15 is 0 Å². The van der Waals surface area contributed by atoms with Crippen LogP contribution in [0.5, 0.6) is 23.0 Å². The highest BCUT2D eigenvalue weighted by Gasteiger charge is 2.34. The van der Waals surface area contributed by atoms with Crippen LogP contribution in [0, 0.1) is 0 Å². The van der Waals surface area contributed by atoms with E-state index in [9.17, 15) is 34.4 Å². The minimum Gasteiger partial charge on any atom is -0.450 e. The Morgan fingerprint density at radius 3 is 1.87 bits per heavy atom. The zero-order chi connectivity index (χ0) is 39.6. The average Bonchev–Trinajstić information content (AvgIpc) is 3.10. The minimum atomic E-state index is -5.01. The van der Waals surface area contributed by atoms with E-state index in [4.69, 9.17) is 44.3 Å². The van der Waals surface area contributed by atoms with Gasteiger partial charge in [-0.05, 0) is 83.0 Å². The molecule has 7 rings (SSSR count). The molecule has 1 unspecified atom stereocenters. The average molecular weight is 935 g/mol.